The molecule has 1 rings (SSSR count). The maximum atomic E-state index is 11.5. The molecule has 0 spiro atoms. The van der Waals surface area contributed by atoms with Gasteiger partial charge in [0.05, 0.1) is 6.61 Å². The van der Waals surface area contributed by atoms with Gasteiger partial charge in [-0.3, -0.25) is 4.79 Å². The van der Waals surface area contributed by atoms with Gasteiger partial charge in [0, 0.05) is 13.2 Å². The van der Waals surface area contributed by atoms with Crippen LogP contribution in [-0.2, 0) is 14.3 Å². The summed E-state index contributed by atoms with van der Waals surface area (Å²) >= 11 is 0. The Hall–Kier alpha value is -0.610. The molecule has 1 unspecified atom stereocenters. The third-order valence-corrected chi connectivity index (χ3v) is 3.34. The van der Waals surface area contributed by atoms with Crippen LogP contribution in [0.3, 0.4) is 0 Å². The molecule has 0 saturated heterocycles. The number of esters is 1. The lowest BCUT2D eigenvalue weighted by atomic mass is 10.0. The van der Waals surface area contributed by atoms with Gasteiger partial charge in [0.15, 0.2) is 0 Å². The van der Waals surface area contributed by atoms with Crippen molar-refractivity contribution < 1.29 is 14.3 Å². The Balaban J connectivity index is 2.13. The third-order valence-electron chi connectivity index (χ3n) is 3.34. The van der Waals surface area contributed by atoms with Crippen molar-refractivity contribution in [2.45, 2.75) is 51.5 Å². The lowest BCUT2D eigenvalue weighted by molar-refractivity contribution is -0.149. The smallest absolute Gasteiger partial charge is 0.325 e. The molecule has 17 heavy (non-hydrogen) atoms. The van der Waals surface area contributed by atoms with Crippen LogP contribution in [-0.4, -0.2) is 31.3 Å². The van der Waals surface area contributed by atoms with Gasteiger partial charge in [0.25, 0.3) is 0 Å². The fraction of sp³-hybridized carbons (Fsp3) is 0.923. The second-order valence-electron chi connectivity index (χ2n) is 5.11. The van der Waals surface area contributed by atoms with Gasteiger partial charge in [0.1, 0.15) is 5.54 Å². The van der Waals surface area contributed by atoms with Crippen molar-refractivity contribution >= 4 is 5.97 Å². The van der Waals surface area contributed by atoms with E-state index < -0.39 is 5.54 Å². The molecule has 4 nitrogen and oxygen atoms in total. The fourth-order valence-electron chi connectivity index (χ4n) is 2.11. The molecule has 1 atom stereocenters. The first-order chi connectivity index (χ1) is 8.06. The van der Waals surface area contributed by atoms with Gasteiger partial charge in [-0.15, -0.1) is 0 Å². The number of carbonyl (C=O) groups excluding carboxylic acids is 1. The average Bonchev–Trinajstić information content (AvgIpc) is 2.77. The summed E-state index contributed by atoms with van der Waals surface area (Å²) in [5.74, 6) is 0.367. The van der Waals surface area contributed by atoms with Crippen LogP contribution in [0.25, 0.3) is 0 Å². The van der Waals surface area contributed by atoms with Gasteiger partial charge in [-0.1, -0.05) is 12.8 Å². The van der Waals surface area contributed by atoms with Crippen molar-refractivity contribution in [1.29, 1.82) is 0 Å². The van der Waals surface area contributed by atoms with Crippen LogP contribution in [0.2, 0.25) is 0 Å². The third kappa shape index (κ3) is 5.04. The minimum Gasteiger partial charge on any atom is -0.465 e. The summed E-state index contributed by atoms with van der Waals surface area (Å²) in [4.78, 5) is 11.5. The Labute approximate surface area is 104 Å². The zero-order valence-electron chi connectivity index (χ0n) is 11.0. The molecule has 1 aliphatic carbocycles. The monoisotopic (exact) mass is 243 g/mol. The molecule has 0 bridgehead atoms. The zero-order chi connectivity index (χ0) is 12.7. The van der Waals surface area contributed by atoms with Crippen molar-refractivity contribution in [3.8, 4) is 0 Å². The minimum absolute atomic E-state index is 0.343. The standard InChI is InChI=1S/C13H25NO3/c1-3-17-12(15)13(2,14)8-9-16-10-11-6-4-5-7-11/h11H,3-10,14H2,1-2H3. The molecule has 0 aromatic carbocycles. The molecule has 2 N–H and O–H groups in total. The highest BCUT2D eigenvalue weighted by Gasteiger charge is 2.29. The van der Waals surface area contributed by atoms with Gasteiger partial charge < -0.3 is 15.2 Å². The number of ether oxygens (including phenoxy) is 2. The summed E-state index contributed by atoms with van der Waals surface area (Å²) < 4.78 is 10.5. The van der Waals surface area contributed by atoms with E-state index in [0.717, 1.165) is 6.61 Å². The van der Waals surface area contributed by atoms with E-state index in [1.54, 1.807) is 13.8 Å². The van der Waals surface area contributed by atoms with E-state index in [1.165, 1.54) is 25.7 Å². The number of hydrogen-bond donors (Lipinski definition) is 1. The van der Waals surface area contributed by atoms with Gasteiger partial charge in [-0.05, 0) is 39.0 Å². The first kappa shape index (κ1) is 14.5. The molecule has 1 aliphatic rings. The lowest BCUT2D eigenvalue weighted by Crippen LogP contribution is -2.47. The molecular formula is C13H25NO3. The van der Waals surface area contributed by atoms with E-state index in [2.05, 4.69) is 0 Å². The molecule has 0 aromatic rings. The Morgan fingerprint density at radius 2 is 2.06 bits per heavy atom. The van der Waals surface area contributed by atoms with E-state index in [9.17, 15) is 4.79 Å². The number of hydrogen-bond acceptors (Lipinski definition) is 4. The average molecular weight is 243 g/mol. The predicted molar refractivity (Wildman–Crippen MR) is 66.6 cm³/mol. The first-order valence-electron chi connectivity index (χ1n) is 6.60. The lowest BCUT2D eigenvalue weighted by Gasteiger charge is -2.22. The molecule has 0 heterocycles. The van der Waals surface area contributed by atoms with Gasteiger partial charge in [-0.2, -0.15) is 0 Å². The summed E-state index contributed by atoms with van der Waals surface area (Å²) in [6, 6.07) is 0. The number of rotatable bonds is 7. The molecule has 1 fully saturated rings. The SMILES string of the molecule is CCOC(=O)C(C)(N)CCOCC1CCCC1. The normalized spacial score (nSPS) is 20.2. The molecule has 0 amide bonds. The van der Waals surface area contributed by atoms with Crippen molar-refractivity contribution in [1.82, 2.24) is 0 Å². The number of nitrogens with two attached hydrogens (primary N) is 1. The van der Waals surface area contributed by atoms with E-state index in [1.807, 2.05) is 0 Å². The van der Waals surface area contributed by atoms with Crippen molar-refractivity contribution in [2.24, 2.45) is 11.7 Å². The Kier molecular flexibility index (Phi) is 5.92. The van der Waals surface area contributed by atoms with Crippen molar-refractivity contribution in [3.05, 3.63) is 0 Å². The molecule has 4 heteroatoms. The van der Waals surface area contributed by atoms with E-state index in [-0.39, 0.29) is 5.97 Å². The van der Waals surface area contributed by atoms with Crippen LogP contribution in [0, 0.1) is 5.92 Å². The van der Waals surface area contributed by atoms with Crippen LogP contribution in [0.5, 0.6) is 0 Å². The molecule has 0 aromatic heterocycles. The summed E-state index contributed by atoms with van der Waals surface area (Å²) in [6.45, 7) is 5.18. The highest BCUT2D eigenvalue weighted by atomic mass is 16.5. The van der Waals surface area contributed by atoms with Crippen molar-refractivity contribution in [2.75, 3.05) is 19.8 Å². The van der Waals surface area contributed by atoms with Crippen molar-refractivity contribution in [3.63, 3.8) is 0 Å². The molecule has 0 radical (unpaired) electrons. The quantitative estimate of drug-likeness (QED) is 0.547. The Morgan fingerprint density at radius 1 is 1.41 bits per heavy atom. The molecule has 1 saturated carbocycles. The van der Waals surface area contributed by atoms with Gasteiger partial charge in [0.2, 0.25) is 0 Å². The Bertz CT molecular complexity index is 235. The maximum absolute atomic E-state index is 11.5. The summed E-state index contributed by atoms with van der Waals surface area (Å²) in [5, 5.41) is 0. The van der Waals surface area contributed by atoms with E-state index in [4.69, 9.17) is 15.2 Å². The van der Waals surface area contributed by atoms with Crippen LogP contribution < -0.4 is 5.73 Å². The topological polar surface area (TPSA) is 61.5 Å². The largest absolute Gasteiger partial charge is 0.465 e. The second kappa shape index (κ2) is 6.97. The zero-order valence-corrected chi connectivity index (χ0v) is 11.0. The summed E-state index contributed by atoms with van der Waals surface area (Å²) in [5.41, 5.74) is 4.96. The van der Waals surface area contributed by atoms with Crippen LogP contribution in [0.4, 0.5) is 0 Å². The van der Waals surface area contributed by atoms with Crippen LogP contribution in [0.15, 0.2) is 0 Å². The first-order valence-corrected chi connectivity index (χ1v) is 6.60. The minimum atomic E-state index is -0.925. The van der Waals surface area contributed by atoms with E-state index in [0.29, 0.717) is 25.6 Å². The predicted octanol–water partition coefficient (Wildman–Crippen LogP) is 1.86. The molecule has 0 aliphatic heterocycles. The van der Waals surface area contributed by atoms with Crippen LogP contribution >= 0.6 is 0 Å². The summed E-state index contributed by atoms with van der Waals surface area (Å²) in [7, 11) is 0. The highest BCUT2D eigenvalue weighted by Crippen LogP contribution is 2.24. The fourth-order valence-corrected chi connectivity index (χ4v) is 2.11. The summed E-state index contributed by atoms with van der Waals surface area (Å²) in [6.07, 6.45) is 5.71. The molecule has 100 valence electrons. The second-order valence-corrected chi connectivity index (χ2v) is 5.11. The van der Waals surface area contributed by atoms with Gasteiger partial charge in [-0.25, -0.2) is 0 Å². The van der Waals surface area contributed by atoms with Gasteiger partial charge >= 0.3 is 5.97 Å². The maximum Gasteiger partial charge on any atom is 0.325 e. The molecular weight excluding hydrogens is 218 g/mol. The Morgan fingerprint density at radius 3 is 2.65 bits per heavy atom. The highest BCUT2D eigenvalue weighted by molar-refractivity contribution is 5.79. The van der Waals surface area contributed by atoms with E-state index >= 15 is 0 Å². The van der Waals surface area contributed by atoms with Crippen LogP contribution in [0.1, 0.15) is 46.0 Å². The number of carbonyl (C=O) groups is 1.